The van der Waals surface area contributed by atoms with Gasteiger partial charge in [0.05, 0.1) is 6.61 Å². The molecule has 0 spiro atoms. The first-order valence-corrected chi connectivity index (χ1v) is 4.88. The number of rotatable bonds is 5. The summed E-state index contributed by atoms with van der Waals surface area (Å²) in [5.74, 6) is 0.708. The molecule has 0 radical (unpaired) electrons. The molecule has 0 saturated carbocycles. The highest BCUT2D eigenvalue weighted by molar-refractivity contribution is 5.36. The van der Waals surface area contributed by atoms with Gasteiger partial charge in [0.15, 0.2) is 0 Å². The maximum absolute atomic E-state index is 9.12. The van der Waals surface area contributed by atoms with Crippen LogP contribution in [0.25, 0.3) is 0 Å². The third kappa shape index (κ3) is 3.51. The monoisotopic (exact) mass is 211 g/mol. The second-order valence-corrected chi connectivity index (χ2v) is 3.45. The van der Waals surface area contributed by atoms with Gasteiger partial charge >= 0.3 is 0 Å². The van der Waals surface area contributed by atoms with Gasteiger partial charge in [0.25, 0.3) is 0 Å². The molecule has 0 bridgehead atoms. The Morgan fingerprint density at radius 2 is 2.20 bits per heavy atom. The lowest BCUT2D eigenvalue weighted by Gasteiger charge is -2.12. The number of hydrogen-bond acceptors (Lipinski definition) is 4. The van der Waals surface area contributed by atoms with Crippen LogP contribution in [0.3, 0.4) is 0 Å². The SMILES string of the molecule is Cc1cc(CN)ccc1OC[C@H](O)CO. The molecule has 0 aliphatic carbocycles. The van der Waals surface area contributed by atoms with Crippen LogP contribution in [0.1, 0.15) is 11.1 Å². The third-order valence-electron chi connectivity index (χ3n) is 2.12. The van der Waals surface area contributed by atoms with Gasteiger partial charge in [0, 0.05) is 6.54 Å². The smallest absolute Gasteiger partial charge is 0.122 e. The third-order valence-corrected chi connectivity index (χ3v) is 2.12. The average Bonchev–Trinajstić information content (AvgIpc) is 2.26. The van der Waals surface area contributed by atoms with Crippen LogP contribution >= 0.6 is 0 Å². The molecule has 4 nitrogen and oxygen atoms in total. The quantitative estimate of drug-likeness (QED) is 0.649. The van der Waals surface area contributed by atoms with E-state index in [9.17, 15) is 0 Å². The zero-order valence-corrected chi connectivity index (χ0v) is 8.81. The van der Waals surface area contributed by atoms with Crippen molar-refractivity contribution in [3.05, 3.63) is 29.3 Å². The van der Waals surface area contributed by atoms with Crippen molar-refractivity contribution in [2.24, 2.45) is 5.73 Å². The van der Waals surface area contributed by atoms with Crippen LogP contribution in [0.4, 0.5) is 0 Å². The molecule has 0 aliphatic rings. The Kier molecular flexibility index (Phi) is 4.55. The van der Waals surface area contributed by atoms with E-state index in [1.165, 1.54) is 0 Å². The topological polar surface area (TPSA) is 75.7 Å². The second kappa shape index (κ2) is 5.70. The zero-order valence-electron chi connectivity index (χ0n) is 8.81. The summed E-state index contributed by atoms with van der Waals surface area (Å²) in [6.45, 7) is 2.22. The molecule has 1 aromatic rings. The largest absolute Gasteiger partial charge is 0.491 e. The van der Waals surface area contributed by atoms with Gasteiger partial charge < -0.3 is 20.7 Å². The molecular weight excluding hydrogens is 194 g/mol. The minimum absolute atomic E-state index is 0.0965. The Balaban J connectivity index is 2.62. The maximum atomic E-state index is 9.12. The summed E-state index contributed by atoms with van der Waals surface area (Å²) in [5, 5.41) is 17.7. The van der Waals surface area contributed by atoms with Crippen molar-refractivity contribution in [3.63, 3.8) is 0 Å². The number of aliphatic hydroxyl groups is 2. The Morgan fingerprint density at radius 3 is 2.73 bits per heavy atom. The minimum atomic E-state index is -0.835. The van der Waals surface area contributed by atoms with E-state index in [2.05, 4.69) is 0 Å². The van der Waals surface area contributed by atoms with Crippen molar-refractivity contribution in [3.8, 4) is 5.75 Å². The molecule has 15 heavy (non-hydrogen) atoms. The Labute approximate surface area is 89.3 Å². The highest BCUT2D eigenvalue weighted by Gasteiger charge is 2.05. The van der Waals surface area contributed by atoms with E-state index < -0.39 is 6.10 Å². The van der Waals surface area contributed by atoms with Crippen molar-refractivity contribution in [1.82, 2.24) is 0 Å². The van der Waals surface area contributed by atoms with E-state index in [0.29, 0.717) is 12.3 Å². The number of ether oxygens (including phenoxy) is 1. The van der Waals surface area contributed by atoms with E-state index in [0.717, 1.165) is 11.1 Å². The predicted octanol–water partition coefficient (Wildman–Crippen LogP) is 0.186. The molecule has 0 unspecified atom stereocenters. The molecule has 0 fully saturated rings. The number of aliphatic hydroxyl groups excluding tert-OH is 2. The Hall–Kier alpha value is -1.10. The van der Waals surface area contributed by atoms with Gasteiger partial charge in [-0.2, -0.15) is 0 Å². The lowest BCUT2D eigenvalue weighted by atomic mass is 10.1. The average molecular weight is 211 g/mol. The van der Waals surface area contributed by atoms with Crippen LogP contribution < -0.4 is 10.5 Å². The summed E-state index contributed by atoms with van der Waals surface area (Å²) < 4.78 is 5.34. The van der Waals surface area contributed by atoms with Crippen LogP contribution in [-0.4, -0.2) is 29.5 Å². The first kappa shape index (κ1) is 12.0. The second-order valence-electron chi connectivity index (χ2n) is 3.45. The minimum Gasteiger partial charge on any atom is -0.491 e. The molecule has 1 rings (SSSR count). The molecule has 0 aliphatic heterocycles. The summed E-state index contributed by atoms with van der Waals surface area (Å²) in [6.07, 6.45) is -0.835. The van der Waals surface area contributed by atoms with Crippen LogP contribution in [-0.2, 0) is 6.54 Å². The van der Waals surface area contributed by atoms with E-state index in [-0.39, 0.29) is 13.2 Å². The zero-order chi connectivity index (χ0) is 11.3. The molecular formula is C11H17NO3. The van der Waals surface area contributed by atoms with E-state index in [4.69, 9.17) is 20.7 Å². The number of benzene rings is 1. The molecule has 4 N–H and O–H groups in total. The van der Waals surface area contributed by atoms with Crippen molar-refractivity contribution in [1.29, 1.82) is 0 Å². The van der Waals surface area contributed by atoms with Gasteiger partial charge in [-0.1, -0.05) is 12.1 Å². The van der Waals surface area contributed by atoms with Gasteiger partial charge in [0.2, 0.25) is 0 Å². The summed E-state index contributed by atoms with van der Waals surface area (Å²) in [4.78, 5) is 0. The van der Waals surface area contributed by atoms with Gasteiger partial charge in [-0.05, 0) is 24.1 Å². The highest BCUT2D eigenvalue weighted by atomic mass is 16.5. The normalized spacial score (nSPS) is 12.5. The number of aryl methyl sites for hydroxylation is 1. The molecule has 84 valence electrons. The lowest BCUT2D eigenvalue weighted by Crippen LogP contribution is -2.21. The molecule has 4 heteroatoms. The lowest BCUT2D eigenvalue weighted by molar-refractivity contribution is 0.0534. The summed E-state index contributed by atoms with van der Waals surface area (Å²) in [6, 6.07) is 5.65. The Morgan fingerprint density at radius 1 is 1.47 bits per heavy atom. The van der Waals surface area contributed by atoms with E-state index in [1.54, 1.807) is 0 Å². The molecule has 0 aromatic heterocycles. The van der Waals surface area contributed by atoms with Gasteiger partial charge in [-0.25, -0.2) is 0 Å². The van der Waals surface area contributed by atoms with Crippen LogP contribution in [0.5, 0.6) is 5.75 Å². The standard InChI is InChI=1S/C11H17NO3/c1-8-4-9(5-12)2-3-11(8)15-7-10(14)6-13/h2-4,10,13-14H,5-7,12H2,1H3/t10-/m1/s1. The molecule has 0 heterocycles. The number of hydrogen-bond donors (Lipinski definition) is 3. The van der Waals surface area contributed by atoms with E-state index in [1.807, 2.05) is 25.1 Å². The first-order valence-electron chi connectivity index (χ1n) is 4.88. The molecule has 0 saturated heterocycles. The van der Waals surface area contributed by atoms with Crippen LogP contribution in [0, 0.1) is 6.92 Å². The van der Waals surface area contributed by atoms with Gasteiger partial charge in [-0.3, -0.25) is 0 Å². The summed E-state index contributed by atoms with van der Waals surface area (Å²) in [7, 11) is 0. The number of nitrogens with two attached hydrogens (primary N) is 1. The van der Waals surface area contributed by atoms with E-state index >= 15 is 0 Å². The fourth-order valence-corrected chi connectivity index (χ4v) is 1.24. The van der Waals surface area contributed by atoms with Crippen molar-refractivity contribution >= 4 is 0 Å². The summed E-state index contributed by atoms with van der Waals surface area (Å²) >= 11 is 0. The molecule has 1 atom stereocenters. The van der Waals surface area contributed by atoms with Crippen molar-refractivity contribution < 1.29 is 14.9 Å². The fourth-order valence-electron chi connectivity index (χ4n) is 1.24. The van der Waals surface area contributed by atoms with Gasteiger partial charge in [-0.15, -0.1) is 0 Å². The molecule has 1 aromatic carbocycles. The van der Waals surface area contributed by atoms with Crippen molar-refractivity contribution in [2.75, 3.05) is 13.2 Å². The highest BCUT2D eigenvalue weighted by Crippen LogP contribution is 2.18. The fraction of sp³-hybridized carbons (Fsp3) is 0.455. The predicted molar refractivity (Wildman–Crippen MR) is 57.7 cm³/mol. The molecule has 0 amide bonds. The van der Waals surface area contributed by atoms with Crippen molar-refractivity contribution in [2.45, 2.75) is 19.6 Å². The van der Waals surface area contributed by atoms with Gasteiger partial charge in [0.1, 0.15) is 18.5 Å². The summed E-state index contributed by atoms with van der Waals surface area (Å²) in [5.41, 5.74) is 7.52. The maximum Gasteiger partial charge on any atom is 0.122 e. The Bertz CT molecular complexity index is 315. The van der Waals surface area contributed by atoms with Crippen LogP contribution in [0.2, 0.25) is 0 Å². The first-order chi connectivity index (χ1) is 7.17. The van der Waals surface area contributed by atoms with Crippen LogP contribution in [0.15, 0.2) is 18.2 Å².